The number of thiophene rings is 1. The monoisotopic (exact) mass is 912 g/mol. The number of fused-ring (bicyclic) bond motifs is 14. The fourth-order valence-corrected chi connectivity index (χ4v) is 14.0. The highest BCUT2D eigenvalue weighted by Crippen LogP contribution is 2.62. The molecule has 5 heterocycles. The first-order valence-corrected chi connectivity index (χ1v) is 25.3. The van der Waals surface area contributed by atoms with Gasteiger partial charge >= 0.3 is 6.85 Å². The Bertz CT molecular complexity index is 4090. The lowest BCUT2D eigenvalue weighted by Crippen LogP contribution is -2.63. The predicted octanol–water partition coefficient (Wildman–Crippen LogP) is 16.3. The molecule has 5 heteroatoms. The molecular formula is C65H45BN2OS. The summed E-state index contributed by atoms with van der Waals surface area (Å²) < 4.78 is 9.68. The van der Waals surface area contributed by atoms with Gasteiger partial charge in [-0.15, -0.1) is 11.3 Å². The molecule has 0 radical (unpaired) electrons. The van der Waals surface area contributed by atoms with E-state index < -0.39 is 5.41 Å². The van der Waals surface area contributed by atoms with E-state index in [0.29, 0.717) is 0 Å². The molecule has 70 heavy (non-hydrogen) atoms. The van der Waals surface area contributed by atoms with Crippen molar-refractivity contribution in [3.63, 3.8) is 0 Å². The summed E-state index contributed by atoms with van der Waals surface area (Å²) in [5.74, 6) is 0. The van der Waals surface area contributed by atoms with Crippen LogP contribution in [-0.2, 0) is 10.8 Å². The molecule has 10 aromatic carbocycles. The lowest BCUT2D eigenvalue weighted by Gasteiger charge is -2.53. The Kier molecular flexibility index (Phi) is 8.23. The average Bonchev–Trinajstić information content (AvgIpc) is 3.98. The van der Waals surface area contributed by atoms with Gasteiger partial charge in [0.15, 0.2) is 0 Å². The third-order valence-electron chi connectivity index (χ3n) is 15.6. The zero-order chi connectivity index (χ0) is 46.5. The quantitative estimate of drug-likeness (QED) is 0.164. The molecule has 0 saturated carbocycles. The Balaban J connectivity index is 1.16. The van der Waals surface area contributed by atoms with Crippen molar-refractivity contribution in [3.8, 4) is 22.3 Å². The molecule has 0 N–H and O–H groups in total. The van der Waals surface area contributed by atoms with Gasteiger partial charge in [-0.05, 0) is 85.6 Å². The molecule has 0 amide bonds. The number of hydrogen-bond acceptors (Lipinski definition) is 4. The van der Waals surface area contributed by atoms with Crippen LogP contribution in [0.15, 0.2) is 223 Å². The van der Waals surface area contributed by atoms with Crippen LogP contribution in [0.5, 0.6) is 0 Å². The first-order valence-electron chi connectivity index (χ1n) is 24.5. The van der Waals surface area contributed by atoms with E-state index in [1.807, 2.05) is 11.3 Å². The van der Waals surface area contributed by atoms with Crippen molar-refractivity contribution in [1.29, 1.82) is 0 Å². The highest BCUT2D eigenvalue weighted by atomic mass is 32.1. The largest absolute Gasteiger partial charge is 0.456 e. The lowest BCUT2D eigenvalue weighted by atomic mass is 9.42. The molecule has 15 rings (SSSR count). The molecule has 0 unspecified atom stereocenters. The van der Waals surface area contributed by atoms with Gasteiger partial charge in [-0.3, -0.25) is 0 Å². The second-order valence-corrected chi connectivity index (χ2v) is 21.3. The van der Waals surface area contributed by atoms with Gasteiger partial charge in [0.25, 0.3) is 0 Å². The van der Waals surface area contributed by atoms with Crippen LogP contribution in [-0.4, -0.2) is 6.85 Å². The Morgan fingerprint density at radius 3 is 1.94 bits per heavy atom. The summed E-state index contributed by atoms with van der Waals surface area (Å²) in [5.41, 5.74) is 20.8. The molecule has 0 fully saturated rings. The minimum absolute atomic E-state index is 0.0597. The van der Waals surface area contributed by atoms with Crippen molar-refractivity contribution in [2.45, 2.75) is 31.6 Å². The van der Waals surface area contributed by atoms with Gasteiger partial charge in [-0.2, -0.15) is 0 Å². The Hall–Kier alpha value is -8.12. The second-order valence-electron chi connectivity index (χ2n) is 20.3. The van der Waals surface area contributed by atoms with Crippen molar-refractivity contribution < 1.29 is 4.42 Å². The van der Waals surface area contributed by atoms with Crippen molar-refractivity contribution in [2.75, 3.05) is 9.71 Å². The van der Waals surface area contributed by atoms with E-state index >= 15 is 0 Å². The average molecular weight is 913 g/mol. The van der Waals surface area contributed by atoms with Gasteiger partial charge in [0.1, 0.15) is 11.2 Å². The zero-order valence-corrected chi connectivity index (χ0v) is 39.9. The summed E-state index contributed by atoms with van der Waals surface area (Å²) in [4.78, 5) is 5.37. The van der Waals surface area contributed by atoms with Crippen LogP contribution in [0.25, 0.3) is 64.4 Å². The van der Waals surface area contributed by atoms with E-state index in [0.717, 1.165) is 33.3 Å². The predicted molar refractivity (Wildman–Crippen MR) is 296 cm³/mol. The van der Waals surface area contributed by atoms with Gasteiger partial charge < -0.3 is 14.1 Å². The third-order valence-corrected chi connectivity index (χ3v) is 16.8. The molecule has 0 bridgehead atoms. The summed E-state index contributed by atoms with van der Waals surface area (Å²) in [6.07, 6.45) is 0. The molecule has 0 spiro atoms. The van der Waals surface area contributed by atoms with Crippen molar-refractivity contribution >= 4 is 99.7 Å². The number of furan rings is 1. The Labute approximate surface area is 411 Å². The maximum Gasteiger partial charge on any atom is 0.333 e. The van der Waals surface area contributed by atoms with E-state index in [9.17, 15) is 0 Å². The highest BCUT2D eigenvalue weighted by Gasteiger charge is 2.54. The van der Waals surface area contributed by atoms with Gasteiger partial charge in [0.05, 0.1) is 21.5 Å². The molecule has 0 atom stereocenters. The van der Waals surface area contributed by atoms with Gasteiger partial charge in [-0.1, -0.05) is 203 Å². The minimum atomic E-state index is -0.619. The number of hydrogen-bond donors (Lipinski definition) is 0. The number of benzene rings is 10. The molecule has 330 valence electrons. The van der Waals surface area contributed by atoms with Gasteiger partial charge in [0.2, 0.25) is 0 Å². The van der Waals surface area contributed by atoms with Crippen molar-refractivity contribution in [2.24, 2.45) is 0 Å². The number of para-hydroxylation sites is 3. The van der Waals surface area contributed by atoms with Crippen molar-refractivity contribution in [3.05, 3.63) is 246 Å². The molecule has 2 aromatic heterocycles. The fraction of sp³-hybridized carbons (Fsp3) is 0.0769. The summed E-state index contributed by atoms with van der Waals surface area (Å²) in [6.45, 7) is 6.75. The maximum absolute atomic E-state index is 7.12. The van der Waals surface area contributed by atoms with Gasteiger partial charge in [0, 0.05) is 60.5 Å². The van der Waals surface area contributed by atoms with E-state index in [2.05, 4.69) is 249 Å². The zero-order valence-electron chi connectivity index (χ0n) is 39.1. The van der Waals surface area contributed by atoms with Crippen LogP contribution in [0.2, 0.25) is 0 Å². The van der Waals surface area contributed by atoms with Crippen LogP contribution in [0.4, 0.5) is 28.4 Å². The molecular weight excluding hydrogens is 868 g/mol. The number of rotatable bonds is 4. The van der Waals surface area contributed by atoms with Crippen LogP contribution >= 0.6 is 11.3 Å². The third kappa shape index (κ3) is 5.25. The minimum Gasteiger partial charge on any atom is -0.456 e. The van der Waals surface area contributed by atoms with Gasteiger partial charge in [-0.25, -0.2) is 0 Å². The summed E-state index contributed by atoms with van der Waals surface area (Å²) in [6, 6.07) is 81.8. The molecule has 3 aliphatic heterocycles. The van der Waals surface area contributed by atoms with E-state index in [-0.39, 0.29) is 12.3 Å². The molecule has 0 aliphatic carbocycles. The topological polar surface area (TPSA) is 19.6 Å². The SMILES string of the molecule is CC(C)(C)c1ccc(N2c3cc4oc5ccccc5c4c4c3B(c3ccc5c(sc6ccccc65)c32)N2c3ccccc3C(c3ccccc3)(c3ccccc3)c3cccc-4c32)c(-c2ccccc2)c1. The normalized spacial score (nSPS) is 14.2. The Morgan fingerprint density at radius 2 is 1.17 bits per heavy atom. The summed E-state index contributed by atoms with van der Waals surface area (Å²) in [7, 11) is 0. The lowest BCUT2D eigenvalue weighted by molar-refractivity contribution is 0.590. The summed E-state index contributed by atoms with van der Waals surface area (Å²) in [5, 5.41) is 4.85. The van der Waals surface area contributed by atoms with Crippen LogP contribution in [0, 0.1) is 0 Å². The Morgan fingerprint density at radius 1 is 0.500 bits per heavy atom. The van der Waals surface area contributed by atoms with E-state index in [1.165, 1.54) is 98.2 Å². The highest BCUT2D eigenvalue weighted by molar-refractivity contribution is 7.26. The number of nitrogens with zero attached hydrogens (tertiary/aromatic N) is 2. The maximum atomic E-state index is 7.12. The first kappa shape index (κ1) is 39.8. The summed E-state index contributed by atoms with van der Waals surface area (Å²) >= 11 is 1.91. The second kappa shape index (κ2) is 14.5. The molecule has 3 nitrogen and oxygen atoms in total. The van der Waals surface area contributed by atoms with E-state index in [1.54, 1.807) is 0 Å². The fourth-order valence-electron chi connectivity index (χ4n) is 12.7. The number of anilines is 5. The smallest absolute Gasteiger partial charge is 0.333 e. The molecule has 12 aromatic rings. The van der Waals surface area contributed by atoms with Crippen LogP contribution < -0.4 is 20.6 Å². The molecule has 0 saturated heterocycles. The van der Waals surface area contributed by atoms with Crippen molar-refractivity contribution in [1.82, 2.24) is 0 Å². The van der Waals surface area contributed by atoms with E-state index in [4.69, 9.17) is 4.42 Å². The first-order chi connectivity index (χ1) is 34.4. The van der Waals surface area contributed by atoms with Crippen LogP contribution in [0.1, 0.15) is 48.6 Å². The molecule has 3 aliphatic rings. The van der Waals surface area contributed by atoms with Crippen LogP contribution in [0.3, 0.4) is 0 Å². The standard InChI is InChI=1S/C65H45BN2OS/c1-64(2,3)43-34-37-52(48(38-43)40-20-7-4-8-21-40)67-54-39-56-58(46-27-13-17-32-55(46)69-56)59-47-28-19-30-50-61(47)68(66(60(54)59)51-36-35-45-44-26-14-18-33-57(44)70-63(45)62(51)67)53-31-16-15-29-49(53)65(50,41-22-9-5-10-23-41)42-24-11-6-12-25-42/h4-39H,1-3H3.